The fourth-order valence-electron chi connectivity index (χ4n) is 2.18. The van der Waals surface area contributed by atoms with Crippen molar-refractivity contribution >= 4 is 39.7 Å². The molecule has 0 bridgehead atoms. The molecule has 0 aromatic heterocycles. The minimum absolute atomic E-state index is 0.0914. The van der Waals surface area contributed by atoms with Gasteiger partial charge in [-0.15, -0.1) is 0 Å². The molecule has 110 valence electrons. The van der Waals surface area contributed by atoms with Crippen molar-refractivity contribution in [2.24, 2.45) is 0 Å². The molecule has 21 heavy (non-hydrogen) atoms. The quantitative estimate of drug-likeness (QED) is 0.666. The Labute approximate surface area is 131 Å². The molecule has 1 aromatic carbocycles. The zero-order valence-corrected chi connectivity index (χ0v) is 13.1. The van der Waals surface area contributed by atoms with Crippen molar-refractivity contribution in [3.05, 3.63) is 40.4 Å². The standard InChI is InChI=1S/C15H15BrN2O3/c1-2-12-15(21)17-13(19)9-18(12)14(20)7-6-10-4-3-5-11(16)8-10/h3-8,12H,2,9H2,1H3,(H,17,19,21). The predicted molar refractivity (Wildman–Crippen MR) is 82.1 cm³/mol. The summed E-state index contributed by atoms with van der Waals surface area (Å²) in [6.45, 7) is 1.71. The summed E-state index contributed by atoms with van der Waals surface area (Å²) < 4.78 is 0.913. The van der Waals surface area contributed by atoms with Gasteiger partial charge in [-0.3, -0.25) is 19.7 Å². The first-order chi connectivity index (χ1) is 10.0. The Bertz CT molecular complexity index is 613. The fourth-order valence-corrected chi connectivity index (χ4v) is 2.59. The average Bonchev–Trinajstić information content (AvgIpc) is 2.44. The van der Waals surface area contributed by atoms with Crippen LogP contribution in [-0.4, -0.2) is 35.2 Å². The number of hydrogen-bond acceptors (Lipinski definition) is 3. The van der Waals surface area contributed by atoms with Gasteiger partial charge >= 0.3 is 0 Å². The van der Waals surface area contributed by atoms with Crippen LogP contribution >= 0.6 is 15.9 Å². The topological polar surface area (TPSA) is 66.5 Å². The summed E-state index contributed by atoms with van der Waals surface area (Å²) >= 11 is 3.36. The van der Waals surface area contributed by atoms with Gasteiger partial charge < -0.3 is 4.90 Å². The number of nitrogens with one attached hydrogen (secondary N) is 1. The van der Waals surface area contributed by atoms with Gasteiger partial charge in [0.2, 0.25) is 17.7 Å². The highest BCUT2D eigenvalue weighted by atomic mass is 79.9. The minimum atomic E-state index is -0.595. The lowest BCUT2D eigenvalue weighted by Crippen LogP contribution is -2.59. The molecule has 1 atom stereocenters. The number of imide groups is 1. The van der Waals surface area contributed by atoms with E-state index in [2.05, 4.69) is 21.2 Å². The first kappa shape index (κ1) is 15.4. The van der Waals surface area contributed by atoms with Gasteiger partial charge in [0.05, 0.1) is 0 Å². The number of carbonyl (C=O) groups is 3. The van der Waals surface area contributed by atoms with Crippen LogP contribution in [0.5, 0.6) is 0 Å². The molecular weight excluding hydrogens is 336 g/mol. The summed E-state index contributed by atoms with van der Waals surface area (Å²) in [5, 5.41) is 2.24. The van der Waals surface area contributed by atoms with Crippen LogP contribution < -0.4 is 5.32 Å². The number of nitrogens with zero attached hydrogens (tertiary/aromatic N) is 1. The van der Waals surface area contributed by atoms with Crippen molar-refractivity contribution < 1.29 is 14.4 Å². The van der Waals surface area contributed by atoms with E-state index in [1.807, 2.05) is 24.3 Å². The lowest BCUT2D eigenvalue weighted by atomic mass is 10.1. The van der Waals surface area contributed by atoms with Gasteiger partial charge in [0.25, 0.3) is 0 Å². The Kier molecular flexibility index (Phi) is 4.90. The first-order valence-electron chi connectivity index (χ1n) is 6.59. The average molecular weight is 351 g/mol. The second kappa shape index (κ2) is 6.67. The molecule has 0 radical (unpaired) electrons. The first-order valence-corrected chi connectivity index (χ1v) is 7.38. The molecule has 1 heterocycles. The highest BCUT2D eigenvalue weighted by Crippen LogP contribution is 2.14. The number of halogens is 1. The molecule has 1 saturated heterocycles. The van der Waals surface area contributed by atoms with E-state index in [1.54, 1.807) is 13.0 Å². The summed E-state index contributed by atoms with van der Waals surface area (Å²) in [6.07, 6.45) is 3.52. The van der Waals surface area contributed by atoms with Crippen LogP contribution in [-0.2, 0) is 14.4 Å². The molecule has 1 unspecified atom stereocenters. The van der Waals surface area contributed by atoms with Crippen molar-refractivity contribution in [2.45, 2.75) is 19.4 Å². The maximum absolute atomic E-state index is 12.2. The zero-order valence-electron chi connectivity index (χ0n) is 11.5. The smallest absolute Gasteiger partial charge is 0.249 e. The molecular formula is C15H15BrN2O3. The molecule has 2 rings (SSSR count). The van der Waals surface area contributed by atoms with Crippen LogP contribution in [0.25, 0.3) is 6.08 Å². The molecule has 0 aliphatic carbocycles. The van der Waals surface area contributed by atoms with E-state index in [0.29, 0.717) is 6.42 Å². The van der Waals surface area contributed by atoms with E-state index in [0.717, 1.165) is 10.0 Å². The van der Waals surface area contributed by atoms with Crippen molar-refractivity contribution in [1.82, 2.24) is 10.2 Å². The third-order valence-corrected chi connectivity index (χ3v) is 3.69. The molecule has 1 aromatic rings. The van der Waals surface area contributed by atoms with Gasteiger partial charge in [0.15, 0.2) is 0 Å². The minimum Gasteiger partial charge on any atom is -0.318 e. The van der Waals surface area contributed by atoms with E-state index < -0.39 is 17.9 Å². The maximum atomic E-state index is 12.2. The third kappa shape index (κ3) is 3.78. The zero-order chi connectivity index (χ0) is 15.4. The molecule has 1 aliphatic heterocycles. The molecule has 5 nitrogen and oxygen atoms in total. The second-order valence-electron chi connectivity index (χ2n) is 4.69. The van der Waals surface area contributed by atoms with E-state index in [1.165, 1.54) is 11.0 Å². The van der Waals surface area contributed by atoms with Gasteiger partial charge in [-0.1, -0.05) is 35.0 Å². The number of carbonyl (C=O) groups excluding carboxylic acids is 3. The normalized spacial score (nSPS) is 19.0. The van der Waals surface area contributed by atoms with Crippen LogP contribution in [0.4, 0.5) is 0 Å². The third-order valence-electron chi connectivity index (χ3n) is 3.19. The van der Waals surface area contributed by atoms with Crippen LogP contribution in [0.1, 0.15) is 18.9 Å². The Hall–Kier alpha value is -1.95. The maximum Gasteiger partial charge on any atom is 0.249 e. The number of piperazine rings is 1. The molecule has 1 fully saturated rings. The molecule has 1 N–H and O–H groups in total. The second-order valence-corrected chi connectivity index (χ2v) is 5.61. The van der Waals surface area contributed by atoms with Crippen molar-refractivity contribution in [1.29, 1.82) is 0 Å². The van der Waals surface area contributed by atoms with Gasteiger partial charge in [0, 0.05) is 10.5 Å². The fraction of sp³-hybridized carbons (Fsp3) is 0.267. The van der Waals surface area contributed by atoms with Gasteiger partial charge in [0.1, 0.15) is 12.6 Å². The Morgan fingerprint density at radius 2 is 2.24 bits per heavy atom. The molecule has 6 heteroatoms. The predicted octanol–water partition coefficient (Wildman–Crippen LogP) is 1.73. The van der Waals surface area contributed by atoms with E-state index in [9.17, 15) is 14.4 Å². The summed E-state index contributed by atoms with van der Waals surface area (Å²) in [7, 11) is 0. The Morgan fingerprint density at radius 1 is 1.48 bits per heavy atom. The monoisotopic (exact) mass is 350 g/mol. The van der Waals surface area contributed by atoms with Gasteiger partial charge in [-0.05, 0) is 30.2 Å². The van der Waals surface area contributed by atoms with Crippen LogP contribution in [0, 0.1) is 0 Å². The largest absolute Gasteiger partial charge is 0.318 e. The molecule has 0 saturated carbocycles. The van der Waals surface area contributed by atoms with E-state index >= 15 is 0 Å². The summed E-state index contributed by atoms with van der Waals surface area (Å²) in [6, 6.07) is 6.89. The highest BCUT2D eigenvalue weighted by molar-refractivity contribution is 9.10. The van der Waals surface area contributed by atoms with Gasteiger partial charge in [-0.2, -0.15) is 0 Å². The van der Waals surface area contributed by atoms with Crippen LogP contribution in [0.2, 0.25) is 0 Å². The summed E-state index contributed by atoms with van der Waals surface area (Å²) in [5.74, 6) is -1.21. The lowest BCUT2D eigenvalue weighted by Gasteiger charge is -2.32. The summed E-state index contributed by atoms with van der Waals surface area (Å²) in [4.78, 5) is 36.6. The number of benzene rings is 1. The van der Waals surface area contributed by atoms with Crippen LogP contribution in [0.15, 0.2) is 34.8 Å². The van der Waals surface area contributed by atoms with E-state index in [-0.39, 0.29) is 12.5 Å². The Balaban J connectivity index is 2.14. The lowest BCUT2D eigenvalue weighted by molar-refractivity contribution is -0.147. The molecule has 3 amide bonds. The number of amides is 3. The summed E-state index contributed by atoms with van der Waals surface area (Å²) in [5.41, 5.74) is 0.860. The van der Waals surface area contributed by atoms with Crippen molar-refractivity contribution in [3.63, 3.8) is 0 Å². The van der Waals surface area contributed by atoms with Crippen molar-refractivity contribution in [3.8, 4) is 0 Å². The van der Waals surface area contributed by atoms with E-state index in [4.69, 9.17) is 0 Å². The highest BCUT2D eigenvalue weighted by Gasteiger charge is 2.34. The number of rotatable bonds is 3. The Morgan fingerprint density at radius 3 is 2.90 bits per heavy atom. The molecule has 1 aliphatic rings. The SMILES string of the molecule is CCC1C(=O)NC(=O)CN1C(=O)C=Cc1cccc(Br)c1. The van der Waals surface area contributed by atoms with Crippen LogP contribution in [0.3, 0.4) is 0 Å². The number of hydrogen-bond donors (Lipinski definition) is 1. The van der Waals surface area contributed by atoms with Gasteiger partial charge in [-0.25, -0.2) is 0 Å². The molecule has 0 spiro atoms. The van der Waals surface area contributed by atoms with Crippen molar-refractivity contribution in [2.75, 3.05) is 6.54 Å².